The maximum Gasteiger partial charge on any atom is 0.181 e. The Labute approximate surface area is 223 Å². The number of pyridine rings is 3. The molecule has 0 amide bonds. The highest BCUT2D eigenvalue weighted by Crippen LogP contribution is 2.33. The molecule has 0 aliphatic carbocycles. The van der Waals surface area contributed by atoms with Gasteiger partial charge in [0.1, 0.15) is 23.9 Å². The highest BCUT2D eigenvalue weighted by molar-refractivity contribution is 5.96. The van der Waals surface area contributed by atoms with Crippen LogP contribution in [0.2, 0.25) is 0 Å². The number of imidazole rings is 1. The first kappa shape index (κ1) is 23.4. The standard InChI is InChI=1S/C29H25FN8O/c30-21-12-19(13-22(15-21)39-11-10-38-8-1-2-9-38)23-5-7-32-28-25(23)34-29(35-28)26-24-14-20(17-33-27(24)37-36-26)18-4-3-6-31-16-18/h3-7,12-17H,1-2,8-11H2,(H,32,34,35)(H,33,36,37). The van der Waals surface area contributed by atoms with Crippen molar-refractivity contribution in [2.24, 2.45) is 0 Å². The normalized spacial score (nSPS) is 14.0. The largest absolute Gasteiger partial charge is 0.492 e. The Kier molecular flexibility index (Phi) is 5.93. The van der Waals surface area contributed by atoms with Crippen LogP contribution in [0.1, 0.15) is 12.8 Å². The maximum absolute atomic E-state index is 14.7. The van der Waals surface area contributed by atoms with Gasteiger partial charge in [-0.25, -0.2) is 19.3 Å². The van der Waals surface area contributed by atoms with Gasteiger partial charge in [-0.05, 0) is 61.8 Å². The molecule has 6 aromatic rings. The first-order valence-corrected chi connectivity index (χ1v) is 13.0. The molecule has 0 atom stereocenters. The second-order valence-corrected chi connectivity index (χ2v) is 9.65. The Morgan fingerprint density at radius 2 is 1.85 bits per heavy atom. The number of halogens is 1. The van der Waals surface area contributed by atoms with E-state index in [2.05, 4.69) is 35.0 Å². The Bertz CT molecular complexity index is 1780. The number of hydrogen-bond donors (Lipinski definition) is 2. The molecular formula is C29H25FN8O. The summed E-state index contributed by atoms with van der Waals surface area (Å²) in [6.45, 7) is 3.55. The molecule has 0 bridgehead atoms. The third-order valence-corrected chi connectivity index (χ3v) is 7.09. The van der Waals surface area contributed by atoms with Gasteiger partial charge in [0.2, 0.25) is 0 Å². The van der Waals surface area contributed by atoms with Crippen LogP contribution in [0.5, 0.6) is 5.75 Å². The summed E-state index contributed by atoms with van der Waals surface area (Å²) < 4.78 is 20.6. The Balaban J connectivity index is 1.23. The summed E-state index contributed by atoms with van der Waals surface area (Å²) in [5.74, 6) is 0.709. The van der Waals surface area contributed by atoms with E-state index in [9.17, 15) is 4.39 Å². The molecular weight excluding hydrogens is 495 g/mol. The lowest BCUT2D eigenvalue weighted by atomic mass is 10.1. The zero-order chi connectivity index (χ0) is 26.2. The summed E-state index contributed by atoms with van der Waals surface area (Å²) in [4.78, 5) is 23.6. The number of hydrogen-bond acceptors (Lipinski definition) is 7. The molecule has 1 fully saturated rings. The summed E-state index contributed by atoms with van der Waals surface area (Å²) in [5, 5.41) is 8.23. The van der Waals surface area contributed by atoms with Crippen LogP contribution in [0.3, 0.4) is 0 Å². The number of nitrogens with zero attached hydrogens (tertiary/aromatic N) is 6. The molecule has 0 unspecified atom stereocenters. The molecule has 0 radical (unpaired) electrons. The molecule has 10 heteroatoms. The first-order chi connectivity index (χ1) is 19.2. The molecule has 6 heterocycles. The van der Waals surface area contributed by atoms with Gasteiger partial charge in [-0.3, -0.25) is 15.0 Å². The third kappa shape index (κ3) is 4.59. The molecule has 5 aromatic heterocycles. The van der Waals surface area contributed by atoms with Crippen LogP contribution in [0.25, 0.3) is 56.0 Å². The second-order valence-electron chi connectivity index (χ2n) is 9.65. The number of H-pyrrole nitrogens is 2. The zero-order valence-electron chi connectivity index (χ0n) is 21.1. The number of likely N-dealkylation sites (tertiary alicyclic amines) is 1. The van der Waals surface area contributed by atoms with E-state index in [-0.39, 0.29) is 5.82 Å². The molecule has 1 aliphatic heterocycles. The van der Waals surface area contributed by atoms with Gasteiger partial charge in [0, 0.05) is 54.1 Å². The van der Waals surface area contributed by atoms with Crippen LogP contribution in [-0.2, 0) is 0 Å². The Morgan fingerprint density at radius 3 is 2.72 bits per heavy atom. The van der Waals surface area contributed by atoms with Gasteiger partial charge in [0.05, 0.1) is 10.9 Å². The van der Waals surface area contributed by atoms with Crippen LogP contribution in [0, 0.1) is 5.82 Å². The van der Waals surface area contributed by atoms with Gasteiger partial charge in [-0.2, -0.15) is 5.10 Å². The van der Waals surface area contributed by atoms with Crippen molar-refractivity contribution in [3.05, 3.63) is 73.1 Å². The predicted molar refractivity (Wildman–Crippen MR) is 147 cm³/mol. The number of benzene rings is 1. The number of rotatable bonds is 7. The SMILES string of the molecule is Fc1cc(OCCN2CCCC2)cc(-c2ccnc3nc(-c4[nH]nc5ncc(-c6cccnc6)cc45)[nH]c23)c1. The lowest BCUT2D eigenvalue weighted by Crippen LogP contribution is -2.25. The highest BCUT2D eigenvalue weighted by atomic mass is 19.1. The van der Waals surface area contributed by atoms with Crippen molar-refractivity contribution < 1.29 is 9.13 Å². The third-order valence-electron chi connectivity index (χ3n) is 7.09. The van der Waals surface area contributed by atoms with Crippen molar-refractivity contribution >= 4 is 22.2 Å². The van der Waals surface area contributed by atoms with Crippen molar-refractivity contribution in [2.75, 3.05) is 26.2 Å². The predicted octanol–water partition coefficient (Wildman–Crippen LogP) is 5.24. The fourth-order valence-corrected chi connectivity index (χ4v) is 5.14. The first-order valence-electron chi connectivity index (χ1n) is 13.0. The fourth-order valence-electron chi connectivity index (χ4n) is 5.14. The molecule has 194 valence electrons. The summed E-state index contributed by atoms with van der Waals surface area (Å²) in [5.41, 5.74) is 5.82. The minimum atomic E-state index is -0.359. The van der Waals surface area contributed by atoms with Gasteiger partial charge >= 0.3 is 0 Å². The smallest absolute Gasteiger partial charge is 0.181 e. The Morgan fingerprint density at radius 1 is 0.923 bits per heavy atom. The van der Waals surface area contributed by atoms with E-state index in [0.29, 0.717) is 46.2 Å². The van der Waals surface area contributed by atoms with E-state index >= 15 is 0 Å². The van der Waals surface area contributed by atoms with E-state index < -0.39 is 0 Å². The molecule has 7 rings (SSSR count). The fraction of sp³-hybridized carbons (Fsp3) is 0.207. The van der Waals surface area contributed by atoms with Crippen molar-refractivity contribution in [1.29, 1.82) is 0 Å². The quantitative estimate of drug-likeness (QED) is 0.296. The van der Waals surface area contributed by atoms with Crippen molar-refractivity contribution in [3.63, 3.8) is 0 Å². The molecule has 1 saturated heterocycles. The van der Waals surface area contributed by atoms with E-state index in [1.54, 1.807) is 24.8 Å². The number of nitrogens with one attached hydrogen (secondary N) is 2. The molecule has 39 heavy (non-hydrogen) atoms. The number of aromatic amines is 2. The summed E-state index contributed by atoms with van der Waals surface area (Å²) in [7, 11) is 0. The number of ether oxygens (including phenoxy) is 1. The summed E-state index contributed by atoms with van der Waals surface area (Å²) in [6, 6.07) is 12.5. The molecule has 0 saturated carbocycles. The molecule has 1 aromatic carbocycles. The van der Waals surface area contributed by atoms with E-state index in [0.717, 1.165) is 41.7 Å². The van der Waals surface area contributed by atoms with Crippen molar-refractivity contribution in [1.82, 2.24) is 40.0 Å². The highest BCUT2D eigenvalue weighted by Gasteiger charge is 2.18. The minimum absolute atomic E-state index is 0.359. The van der Waals surface area contributed by atoms with Crippen molar-refractivity contribution in [2.45, 2.75) is 12.8 Å². The lowest BCUT2D eigenvalue weighted by Gasteiger charge is -2.15. The minimum Gasteiger partial charge on any atom is -0.492 e. The van der Waals surface area contributed by atoms with Gasteiger partial charge < -0.3 is 9.72 Å². The monoisotopic (exact) mass is 520 g/mol. The van der Waals surface area contributed by atoms with E-state index in [1.807, 2.05) is 30.3 Å². The van der Waals surface area contributed by atoms with Crippen LogP contribution in [0.15, 0.2) is 67.3 Å². The van der Waals surface area contributed by atoms with Crippen LogP contribution < -0.4 is 4.74 Å². The number of fused-ring (bicyclic) bond motifs is 2. The van der Waals surface area contributed by atoms with Gasteiger partial charge in [0.15, 0.2) is 17.1 Å². The summed E-state index contributed by atoms with van der Waals surface area (Å²) in [6.07, 6.45) is 9.43. The van der Waals surface area contributed by atoms with Crippen molar-refractivity contribution in [3.8, 4) is 39.5 Å². The van der Waals surface area contributed by atoms with Gasteiger partial charge in [0.25, 0.3) is 0 Å². The van der Waals surface area contributed by atoms with Crippen LogP contribution in [0.4, 0.5) is 4.39 Å². The second kappa shape index (κ2) is 9.88. The van der Waals surface area contributed by atoms with Gasteiger partial charge in [-0.15, -0.1) is 0 Å². The van der Waals surface area contributed by atoms with Crippen LogP contribution in [-0.4, -0.2) is 66.3 Å². The summed E-state index contributed by atoms with van der Waals surface area (Å²) >= 11 is 0. The zero-order valence-corrected chi connectivity index (χ0v) is 21.1. The molecule has 0 spiro atoms. The molecule has 1 aliphatic rings. The topological polar surface area (TPSA) is 108 Å². The van der Waals surface area contributed by atoms with E-state index in [4.69, 9.17) is 9.72 Å². The molecule has 9 nitrogen and oxygen atoms in total. The Hall–Kier alpha value is -4.70. The average Bonchev–Trinajstić information content (AvgIpc) is 3.72. The van der Waals surface area contributed by atoms with Crippen LogP contribution >= 0.6 is 0 Å². The lowest BCUT2D eigenvalue weighted by molar-refractivity contribution is 0.237. The van der Waals surface area contributed by atoms with Gasteiger partial charge in [-0.1, -0.05) is 6.07 Å². The average molecular weight is 521 g/mol. The maximum atomic E-state index is 14.7. The number of aromatic nitrogens is 7. The molecule has 2 N–H and O–H groups in total. The van der Waals surface area contributed by atoms with E-state index in [1.165, 1.54) is 25.0 Å².